The molecule has 4 nitrogen and oxygen atoms in total. The Balaban J connectivity index is 1.36. The fourth-order valence-electron chi connectivity index (χ4n) is 4.75. The van der Waals surface area contributed by atoms with Gasteiger partial charge in [-0.2, -0.15) is 0 Å². The van der Waals surface area contributed by atoms with Crippen LogP contribution in [0.4, 0.5) is 0 Å². The van der Waals surface area contributed by atoms with Crippen LogP contribution in [0.5, 0.6) is 5.75 Å². The van der Waals surface area contributed by atoms with Gasteiger partial charge in [0.05, 0.1) is 0 Å². The molecule has 2 N–H and O–H groups in total. The standard InChI is InChI=1S/C25H33NO3S/c1-15-13-17-22(30-15)12-9-16(23(17)27)14-26-19-10-11-21(24(19)28)29-20-8-6-5-7-18(20)25(2,3)4/h5-8,13,16,19,21,24,26,28H,9-12,14H2,1-4H3. The van der Waals surface area contributed by atoms with Gasteiger partial charge in [-0.1, -0.05) is 39.0 Å². The molecule has 1 saturated carbocycles. The first kappa shape index (κ1) is 21.5. The number of hydrogen-bond donors (Lipinski definition) is 2. The van der Waals surface area contributed by atoms with E-state index >= 15 is 0 Å². The van der Waals surface area contributed by atoms with Crippen LogP contribution in [0.3, 0.4) is 0 Å². The molecule has 2 aliphatic rings. The highest BCUT2D eigenvalue weighted by molar-refractivity contribution is 7.12. The first-order chi connectivity index (χ1) is 14.2. The van der Waals surface area contributed by atoms with E-state index in [9.17, 15) is 9.90 Å². The number of aliphatic hydroxyl groups is 1. The average molecular weight is 428 g/mol. The number of nitrogens with one attached hydrogen (secondary N) is 1. The Kier molecular flexibility index (Phi) is 6.06. The highest BCUT2D eigenvalue weighted by Crippen LogP contribution is 2.35. The number of aryl methyl sites for hydroxylation is 2. The lowest BCUT2D eigenvalue weighted by atomic mass is 9.86. The van der Waals surface area contributed by atoms with E-state index in [2.05, 4.69) is 39.1 Å². The van der Waals surface area contributed by atoms with E-state index < -0.39 is 6.10 Å². The maximum atomic E-state index is 12.8. The molecule has 0 amide bonds. The molecule has 1 fully saturated rings. The summed E-state index contributed by atoms with van der Waals surface area (Å²) in [5.74, 6) is 1.12. The molecule has 0 aliphatic heterocycles. The molecule has 1 aromatic heterocycles. The van der Waals surface area contributed by atoms with Gasteiger partial charge in [-0.05, 0) is 55.7 Å². The number of carbonyl (C=O) groups is 1. The van der Waals surface area contributed by atoms with Crippen molar-refractivity contribution >= 4 is 17.1 Å². The zero-order chi connectivity index (χ0) is 21.5. The number of para-hydroxylation sites is 1. The summed E-state index contributed by atoms with van der Waals surface area (Å²) in [7, 11) is 0. The van der Waals surface area contributed by atoms with Gasteiger partial charge in [0.1, 0.15) is 18.0 Å². The van der Waals surface area contributed by atoms with Gasteiger partial charge in [0.2, 0.25) is 0 Å². The van der Waals surface area contributed by atoms with Crippen molar-refractivity contribution in [3.05, 3.63) is 51.2 Å². The first-order valence-electron chi connectivity index (χ1n) is 11.0. The topological polar surface area (TPSA) is 58.6 Å². The van der Waals surface area contributed by atoms with Gasteiger partial charge in [-0.3, -0.25) is 4.79 Å². The zero-order valence-electron chi connectivity index (χ0n) is 18.4. The number of benzene rings is 1. The highest BCUT2D eigenvalue weighted by atomic mass is 32.1. The third-order valence-corrected chi connectivity index (χ3v) is 7.55. The fraction of sp³-hybridized carbons (Fsp3) is 0.560. The predicted molar refractivity (Wildman–Crippen MR) is 122 cm³/mol. The van der Waals surface area contributed by atoms with Crippen molar-refractivity contribution in [2.45, 2.75) is 77.0 Å². The Morgan fingerprint density at radius 3 is 2.73 bits per heavy atom. The van der Waals surface area contributed by atoms with Crippen LogP contribution >= 0.6 is 11.3 Å². The summed E-state index contributed by atoms with van der Waals surface area (Å²) in [6, 6.07) is 10.1. The zero-order valence-corrected chi connectivity index (χ0v) is 19.2. The van der Waals surface area contributed by atoms with Crippen molar-refractivity contribution in [2.24, 2.45) is 5.92 Å². The summed E-state index contributed by atoms with van der Waals surface area (Å²) in [5, 5.41) is 14.4. The Hall–Kier alpha value is -1.69. The summed E-state index contributed by atoms with van der Waals surface area (Å²) in [5.41, 5.74) is 2.06. The SMILES string of the molecule is Cc1cc2c(s1)CCC(CNC1CCC(Oc3ccccc3C(C)(C)C)C1O)C2=O. The molecule has 2 aromatic rings. The normalized spacial score (nSPS) is 26.6. The number of hydrogen-bond acceptors (Lipinski definition) is 5. The molecule has 1 heterocycles. The molecule has 30 heavy (non-hydrogen) atoms. The summed E-state index contributed by atoms with van der Waals surface area (Å²) in [4.78, 5) is 15.3. The maximum absolute atomic E-state index is 12.8. The summed E-state index contributed by atoms with van der Waals surface area (Å²) in [6.07, 6.45) is 2.74. The van der Waals surface area contributed by atoms with Crippen LogP contribution in [0.25, 0.3) is 0 Å². The second-order valence-electron chi connectivity index (χ2n) is 9.78. The van der Waals surface area contributed by atoms with Crippen LogP contribution in [-0.2, 0) is 11.8 Å². The second-order valence-corrected chi connectivity index (χ2v) is 11.1. The lowest BCUT2D eigenvalue weighted by Gasteiger charge is -2.27. The summed E-state index contributed by atoms with van der Waals surface area (Å²) in [6.45, 7) is 9.21. The van der Waals surface area contributed by atoms with Crippen molar-refractivity contribution in [1.29, 1.82) is 0 Å². The molecule has 1 aromatic carbocycles. The minimum atomic E-state index is -0.573. The van der Waals surface area contributed by atoms with E-state index in [0.29, 0.717) is 6.54 Å². The number of ketones is 1. The fourth-order valence-corrected chi connectivity index (χ4v) is 5.80. The lowest BCUT2D eigenvalue weighted by Crippen LogP contribution is -2.44. The van der Waals surface area contributed by atoms with Gasteiger partial charge < -0.3 is 15.2 Å². The number of ether oxygens (including phenoxy) is 1. The largest absolute Gasteiger partial charge is 0.487 e. The summed E-state index contributed by atoms with van der Waals surface area (Å²) < 4.78 is 6.28. The van der Waals surface area contributed by atoms with Gasteiger partial charge in [-0.15, -0.1) is 11.3 Å². The molecule has 4 atom stereocenters. The van der Waals surface area contributed by atoms with Crippen molar-refractivity contribution in [3.63, 3.8) is 0 Å². The summed E-state index contributed by atoms with van der Waals surface area (Å²) >= 11 is 1.75. The van der Waals surface area contributed by atoms with Gasteiger partial charge in [0.25, 0.3) is 0 Å². The number of rotatable bonds is 5. The monoisotopic (exact) mass is 427 g/mol. The third-order valence-electron chi connectivity index (χ3n) is 6.44. The number of fused-ring (bicyclic) bond motifs is 1. The molecule has 5 heteroatoms. The minimum Gasteiger partial charge on any atom is -0.487 e. The maximum Gasteiger partial charge on any atom is 0.168 e. The Bertz CT molecular complexity index is 913. The van der Waals surface area contributed by atoms with Crippen molar-refractivity contribution in [3.8, 4) is 5.75 Å². The van der Waals surface area contributed by atoms with E-state index in [4.69, 9.17) is 4.74 Å². The van der Waals surface area contributed by atoms with E-state index in [1.807, 2.05) is 24.3 Å². The van der Waals surface area contributed by atoms with Crippen LogP contribution in [0.2, 0.25) is 0 Å². The van der Waals surface area contributed by atoms with Gasteiger partial charge in [0.15, 0.2) is 5.78 Å². The van der Waals surface area contributed by atoms with Crippen LogP contribution < -0.4 is 10.1 Å². The second kappa shape index (κ2) is 8.45. The van der Waals surface area contributed by atoms with E-state index in [-0.39, 0.29) is 29.3 Å². The molecule has 0 bridgehead atoms. The van der Waals surface area contributed by atoms with Gasteiger partial charge >= 0.3 is 0 Å². The van der Waals surface area contributed by atoms with Crippen LogP contribution in [0.1, 0.15) is 65.7 Å². The van der Waals surface area contributed by atoms with Crippen LogP contribution in [0, 0.1) is 12.8 Å². The Labute approximate surface area is 183 Å². The third kappa shape index (κ3) is 4.34. The van der Waals surface area contributed by atoms with Gasteiger partial charge in [0, 0.05) is 33.8 Å². The highest BCUT2D eigenvalue weighted by Gasteiger charge is 2.38. The van der Waals surface area contributed by atoms with Crippen LogP contribution in [-0.4, -0.2) is 35.7 Å². The van der Waals surface area contributed by atoms with Gasteiger partial charge in [-0.25, -0.2) is 0 Å². The lowest BCUT2D eigenvalue weighted by molar-refractivity contribution is 0.0432. The van der Waals surface area contributed by atoms with Crippen molar-refractivity contribution in [1.82, 2.24) is 5.32 Å². The average Bonchev–Trinajstić information content (AvgIpc) is 3.24. The first-order valence-corrected chi connectivity index (χ1v) is 11.9. The number of thiophene rings is 1. The molecular formula is C25H33NO3S. The number of carbonyl (C=O) groups excluding carboxylic acids is 1. The molecule has 2 aliphatic carbocycles. The molecule has 0 radical (unpaired) electrons. The smallest absolute Gasteiger partial charge is 0.168 e. The van der Waals surface area contributed by atoms with E-state index in [1.54, 1.807) is 11.3 Å². The molecule has 0 spiro atoms. The molecular weight excluding hydrogens is 394 g/mol. The predicted octanol–water partition coefficient (Wildman–Crippen LogP) is 4.66. The molecule has 162 valence electrons. The van der Waals surface area contributed by atoms with Crippen molar-refractivity contribution in [2.75, 3.05) is 6.54 Å². The molecule has 4 rings (SSSR count). The molecule has 0 saturated heterocycles. The quantitative estimate of drug-likeness (QED) is 0.729. The molecule has 4 unspecified atom stereocenters. The number of aliphatic hydroxyl groups excluding tert-OH is 1. The van der Waals surface area contributed by atoms with Crippen LogP contribution in [0.15, 0.2) is 30.3 Å². The minimum absolute atomic E-state index is 0.000264. The van der Waals surface area contributed by atoms with Crippen molar-refractivity contribution < 1.29 is 14.6 Å². The van der Waals surface area contributed by atoms with E-state index in [0.717, 1.165) is 42.6 Å². The Morgan fingerprint density at radius 2 is 1.97 bits per heavy atom. The van der Waals surface area contributed by atoms with E-state index in [1.165, 1.54) is 9.75 Å². The number of Topliss-reactive ketones (excluding diaryl/α,β-unsaturated/α-hetero) is 1. The Morgan fingerprint density at radius 1 is 1.20 bits per heavy atom.